The van der Waals surface area contributed by atoms with Gasteiger partial charge in [-0.05, 0) is 30.7 Å². The fourth-order valence-corrected chi connectivity index (χ4v) is 4.56. The molecule has 0 radical (unpaired) electrons. The van der Waals surface area contributed by atoms with E-state index in [1.54, 1.807) is 6.20 Å². The summed E-state index contributed by atoms with van der Waals surface area (Å²) in [6, 6.07) is 7.98. The molecule has 5 rings (SSSR count). The van der Waals surface area contributed by atoms with Crippen molar-refractivity contribution in [2.75, 3.05) is 63.1 Å². The SMILES string of the molecule is C=CCC(N1CCNCC1)n1c(-c2cccnc2N)nc2ccc(N3CCOCC3)nc21. The number of fused-ring (bicyclic) bond motifs is 1. The molecule has 0 saturated carbocycles. The summed E-state index contributed by atoms with van der Waals surface area (Å²) < 4.78 is 7.76. The summed E-state index contributed by atoms with van der Waals surface area (Å²) in [5, 5.41) is 3.45. The van der Waals surface area contributed by atoms with Gasteiger partial charge < -0.3 is 20.7 Å². The zero-order valence-electron chi connectivity index (χ0n) is 18.3. The molecule has 32 heavy (non-hydrogen) atoms. The van der Waals surface area contributed by atoms with Crippen molar-refractivity contribution in [1.82, 2.24) is 29.7 Å². The fourth-order valence-electron chi connectivity index (χ4n) is 4.56. The third-order valence-electron chi connectivity index (χ3n) is 6.19. The van der Waals surface area contributed by atoms with Crippen LogP contribution in [-0.2, 0) is 4.74 Å². The van der Waals surface area contributed by atoms with Crippen molar-refractivity contribution < 1.29 is 4.74 Å². The van der Waals surface area contributed by atoms with E-state index in [1.807, 2.05) is 18.2 Å². The molecule has 3 aromatic heterocycles. The van der Waals surface area contributed by atoms with Crippen LogP contribution in [0.5, 0.6) is 0 Å². The third kappa shape index (κ3) is 3.94. The maximum Gasteiger partial charge on any atom is 0.164 e. The predicted molar refractivity (Wildman–Crippen MR) is 126 cm³/mol. The standard InChI is InChI=1S/C23H30N8O/c1-2-4-20(30-11-9-25-10-12-30)31-22(17-5-3-8-26-21(17)24)27-18-6-7-19(28-23(18)31)29-13-15-32-16-14-29/h2-3,5-8,20,25H,1,4,9-16H2,(H2,24,26). The van der Waals surface area contributed by atoms with Gasteiger partial charge in [0.15, 0.2) is 5.65 Å². The molecule has 2 aliphatic rings. The molecule has 1 unspecified atom stereocenters. The highest BCUT2D eigenvalue weighted by Gasteiger charge is 2.28. The largest absolute Gasteiger partial charge is 0.383 e. The summed E-state index contributed by atoms with van der Waals surface area (Å²) in [4.78, 5) is 19.1. The van der Waals surface area contributed by atoms with Gasteiger partial charge in [-0.15, -0.1) is 6.58 Å². The summed E-state index contributed by atoms with van der Waals surface area (Å²) in [6.45, 7) is 11.0. The number of ether oxygens (including phenoxy) is 1. The van der Waals surface area contributed by atoms with Crippen molar-refractivity contribution in [2.45, 2.75) is 12.6 Å². The van der Waals surface area contributed by atoms with Crippen molar-refractivity contribution in [3.63, 3.8) is 0 Å². The lowest BCUT2D eigenvalue weighted by Gasteiger charge is -2.36. The minimum atomic E-state index is 0.0432. The van der Waals surface area contributed by atoms with Crippen LogP contribution in [0.1, 0.15) is 12.6 Å². The van der Waals surface area contributed by atoms with Gasteiger partial charge in [0.25, 0.3) is 0 Å². The summed E-state index contributed by atoms with van der Waals surface area (Å²) in [7, 11) is 0. The molecule has 168 valence electrons. The minimum absolute atomic E-state index is 0.0432. The summed E-state index contributed by atoms with van der Waals surface area (Å²) in [5.41, 5.74) is 8.82. The highest BCUT2D eigenvalue weighted by molar-refractivity contribution is 5.81. The van der Waals surface area contributed by atoms with Crippen LogP contribution in [-0.4, -0.2) is 76.9 Å². The molecule has 0 aromatic carbocycles. The molecule has 0 aliphatic carbocycles. The molecule has 2 saturated heterocycles. The number of piperazine rings is 1. The molecule has 9 heteroatoms. The van der Waals surface area contributed by atoms with Gasteiger partial charge in [-0.25, -0.2) is 15.0 Å². The lowest BCUT2D eigenvalue weighted by molar-refractivity contribution is 0.122. The first kappa shape index (κ1) is 20.9. The number of pyridine rings is 2. The van der Waals surface area contributed by atoms with E-state index in [2.05, 4.69) is 43.4 Å². The molecule has 0 amide bonds. The first-order chi connectivity index (χ1) is 15.8. The zero-order valence-corrected chi connectivity index (χ0v) is 18.3. The Bertz CT molecular complexity index is 1080. The summed E-state index contributed by atoms with van der Waals surface area (Å²) in [5.74, 6) is 2.21. The topological polar surface area (TPSA) is 97.4 Å². The van der Waals surface area contributed by atoms with E-state index in [-0.39, 0.29) is 6.17 Å². The quantitative estimate of drug-likeness (QED) is 0.568. The van der Waals surface area contributed by atoms with Gasteiger partial charge in [0, 0.05) is 45.5 Å². The molecule has 1 atom stereocenters. The Balaban J connectivity index is 1.69. The highest BCUT2D eigenvalue weighted by Crippen LogP contribution is 2.34. The van der Waals surface area contributed by atoms with Crippen LogP contribution >= 0.6 is 0 Å². The number of hydrogen-bond acceptors (Lipinski definition) is 8. The zero-order chi connectivity index (χ0) is 21.9. The summed E-state index contributed by atoms with van der Waals surface area (Å²) in [6.07, 6.45) is 4.50. The smallest absolute Gasteiger partial charge is 0.164 e. The number of nitrogen functional groups attached to an aromatic ring is 1. The van der Waals surface area contributed by atoms with Crippen LogP contribution in [0.4, 0.5) is 11.6 Å². The second kappa shape index (κ2) is 9.23. The van der Waals surface area contributed by atoms with Crippen molar-refractivity contribution in [1.29, 1.82) is 0 Å². The number of aromatic nitrogens is 4. The maximum atomic E-state index is 6.29. The van der Waals surface area contributed by atoms with Crippen LogP contribution in [0, 0.1) is 0 Å². The van der Waals surface area contributed by atoms with E-state index >= 15 is 0 Å². The first-order valence-electron chi connectivity index (χ1n) is 11.2. The molecule has 3 N–H and O–H groups in total. The average molecular weight is 435 g/mol. The van der Waals surface area contributed by atoms with E-state index in [9.17, 15) is 0 Å². The Hall–Kier alpha value is -3.01. The van der Waals surface area contributed by atoms with Crippen LogP contribution in [0.3, 0.4) is 0 Å². The Labute approximate surface area is 187 Å². The number of imidazole rings is 1. The van der Waals surface area contributed by atoms with Crippen molar-refractivity contribution in [2.24, 2.45) is 0 Å². The number of anilines is 2. The van der Waals surface area contributed by atoms with Gasteiger partial charge in [0.05, 0.1) is 24.9 Å². The van der Waals surface area contributed by atoms with Crippen molar-refractivity contribution in [3.05, 3.63) is 43.1 Å². The van der Waals surface area contributed by atoms with Gasteiger partial charge in [-0.3, -0.25) is 9.47 Å². The molecular formula is C23H30N8O. The van der Waals surface area contributed by atoms with Crippen LogP contribution in [0.15, 0.2) is 43.1 Å². The van der Waals surface area contributed by atoms with Crippen LogP contribution < -0.4 is 16.0 Å². The van der Waals surface area contributed by atoms with E-state index in [0.29, 0.717) is 5.82 Å². The normalized spacial score (nSPS) is 18.7. The van der Waals surface area contributed by atoms with Crippen LogP contribution in [0.25, 0.3) is 22.6 Å². The second-order valence-electron chi connectivity index (χ2n) is 8.14. The van der Waals surface area contributed by atoms with Gasteiger partial charge in [-0.2, -0.15) is 0 Å². The van der Waals surface area contributed by atoms with Gasteiger partial charge >= 0.3 is 0 Å². The Morgan fingerprint density at radius 2 is 1.94 bits per heavy atom. The monoisotopic (exact) mass is 434 g/mol. The number of nitrogens with one attached hydrogen (secondary N) is 1. The maximum absolute atomic E-state index is 6.29. The molecule has 2 aliphatic heterocycles. The first-order valence-corrected chi connectivity index (χ1v) is 11.2. The molecule has 9 nitrogen and oxygen atoms in total. The Morgan fingerprint density at radius 3 is 2.69 bits per heavy atom. The second-order valence-corrected chi connectivity index (χ2v) is 8.14. The highest BCUT2D eigenvalue weighted by atomic mass is 16.5. The fraction of sp³-hybridized carbons (Fsp3) is 0.435. The lowest BCUT2D eigenvalue weighted by Crippen LogP contribution is -2.46. The number of nitrogens with two attached hydrogens (primary N) is 1. The van der Waals surface area contributed by atoms with Gasteiger partial charge in [-0.1, -0.05) is 6.08 Å². The van der Waals surface area contributed by atoms with E-state index in [4.69, 9.17) is 20.4 Å². The third-order valence-corrected chi connectivity index (χ3v) is 6.19. The number of nitrogens with zero attached hydrogens (tertiary/aromatic N) is 6. The Morgan fingerprint density at radius 1 is 1.12 bits per heavy atom. The minimum Gasteiger partial charge on any atom is -0.383 e. The van der Waals surface area contributed by atoms with E-state index in [0.717, 1.165) is 87.3 Å². The van der Waals surface area contributed by atoms with Gasteiger partial charge in [0.2, 0.25) is 0 Å². The molecule has 0 bridgehead atoms. The van der Waals surface area contributed by atoms with Crippen LogP contribution in [0.2, 0.25) is 0 Å². The van der Waals surface area contributed by atoms with Crippen molar-refractivity contribution >= 4 is 22.8 Å². The summed E-state index contributed by atoms with van der Waals surface area (Å²) >= 11 is 0. The number of rotatable bonds is 6. The lowest BCUT2D eigenvalue weighted by atomic mass is 10.2. The molecular weight excluding hydrogens is 404 g/mol. The molecule has 5 heterocycles. The molecule has 2 fully saturated rings. The number of morpholine rings is 1. The van der Waals surface area contributed by atoms with E-state index < -0.39 is 0 Å². The molecule has 0 spiro atoms. The van der Waals surface area contributed by atoms with Crippen molar-refractivity contribution in [3.8, 4) is 11.4 Å². The van der Waals surface area contributed by atoms with Gasteiger partial charge in [0.1, 0.15) is 23.0 Å². The molecule has 3 aromatic rings. The van der Waals surface area contributed by atoms with E-state index in [1.165, 1.54) is 0 Å². The number of hydrogen-bond donors (Lipinski definition) is 2. The predicted octanol–water partition coefficient (Wildman–Crippen LogP) is 1.89. The average Bonchev–Trinajstić information content (AvgIpc) is 3.22. The Kier molecular flexibility index (Phi) is 6.02.